The van der Waals surface area contributed by atoms with Crippen LogP contribution in [-0.2, 0) is 9.53 Å². The Morgan fingerprint density at radius 1 is 1.43 bits per heavy atom. The van der Waals surface area contributed by atoms with Crippen LogP contribution in [-0.4, -0.2) is 34.7 Å². The minimum atomic E-state index is -0.281. The topological polar surface area (TPSA) is 93.0 Å². The number of aromatic amines is 1. The van der Waals surface area contributed by atoms with Gasteiger partial charge >= 0.3 is 5.97 Å². The molecular formula is C14H14N4O3. The molecule has 0 aliphatic carbocycles. The van der Waals surface area contributed by atoms with Crippen molar-refractivity contribution in [3.63, 3.8) is 0 Å². The zero-order chi connectivity index (χ0) is 14.7. The van der Waals surface area contributed by atoms with Crippen molar-refractivity contribution in [2.75, 3.05) is 19.0 Å². The monoisotopic (exact) mass is 286 g/mol. The van der Waals surface area contributed by atoms with Crippen LogP contribution in [0, 0.1) is 0 Å². The van der Waals surface area contributed by atoms with E-state index in [0.717, 1.165) is 16.6 Å². The van der Waals surface area contributed by atoms with Gasteiger partial charge in [0.25, 0.3) is 0 Å². The summed E-state index contributed by atoms with van der Waals surface area (Å²) in [5.74, 6) is 0.923. The number of anilines is 1. The molecule has 21 heavy (non-hydrogen) atoms. The third kappa shape index (κ3) is 2.71. The highest BCUT2D eigenvalue weighted by Gasteiger charge is 2.14. The molecule has 0 spiro atoms. The molecule has 0 unspecified atom stereocenters. The first-order valence-corrected chi connectivity index (χ1v) is 6.48. The average molecular weight is 286 g/mol. The number of rotatable bonds is 5. The molecule has 0 aliphatic rings. The summed E-state index contributed by atoms with van der Waals surface area (Å²) in [4.78, 5) is 18.8. The molecule has 0 aliphatic heterocycles. The Morgan fingerprint density at radius 2 is 2.29 bits per heavy atom. The maximum absolute atomic E-state index is 11.1. The zero-order valence-electron chi connectivity index (χ0n) is 11.4. The second kappa shape index (κ2) is 5.66. The summed E-state index contributed by atoms with van der Waals surface area (Å²) in [6.07, 6.45) is 1.76. The number of esters is 1. The molecule has 7 heteroatoms. The molecular weight excluding hydrogens is 272 g/mol. The molecule has 0 saturated heterocycles. The Labute approximate surface area is 120 Å². The predicted octanol–water partition coefficient (Wildman–Crippen LogP) is 2.19. The van der Waals surface area contributed by atoms with Crippen LogP contribution in [0.5, 0.6) is 0 Å². The third-order valence-corrected chi connectivity index (χ3v) is 3.06. The number of carbonyl (C=O) groups excluding carboxylic acids is 1. The SMILES string of the molecule is COC(=O)CCNc1nocc1-c1nc2ccccc2[nH]1. The lowest BCUT2D eigenvalue weighted by atomic mass is 10.3. The molecule has 0 amide bonds. The first-order valence-electron chi connectivity index (χ1n) is 6.48. The molecule has 0 fully saturated rings. The number of hydrogen-bond donors (Lipinski definition) is 2. The number of methoxy groups -OCH3 is 1. The second-order valence-corrected chi connectivity index (χ2v) is 4.43. The Morgan fingerprint density at radius 3 is 3.10 bits per heavy atom. The highest BCUT2D eigenvalue weighted by atomic mass is 16.5. The van der Waals surface area contributed by atoms with Crippen LogP contribution in [0.2, 0.25) is 0 Å². The van der Waals surface area contributed by atoms with Crippen molar-refractivity contribution in [1.29, 1.82) is 0 Å². The molecule has 2 heterocycles. The summed E-state index contributed by atoms with van der Waals surface area (Å²) >= 11 is 0. The number of nitrogens with one attached hydrogen (secondary N) is 2. The number of hydrogen-bond acceptors (Lipinski definition) is 6. The van der Waals surface area contributed by atoms with Crippen LogP contribution in [0.3, 0.4) is 0 Å². The highest BCUT2D eigenvalue weighted by Crippen LogP contribution is 2.26. The van der Waals surface area contributed by atoms with Gasteiger partial charge in [0.2, 0.25) is 0 Å². The van der Waals surface area contributed by atoms with Crippen molar-refractivity contribution in [3.8, 4) is 11.4 Å². The molecule has 0 radical (unpaired) electrons. The van der Waals surface area contributed by atoms with Crippen LogP contribution in [0.1, 0.15) is 6.42 Å². The van der Waals surface area contributed by atoms with E-state index >= 15 is 0 Å². The molecule has 0 bridgehead atoms. The number of para-hydroxylation sites is 2. The van der Waals surface area contributed by atoms with E-state index in [9.17, 15) is 4.79 Å². The molecule has 2 N–H and O–H groups in total. The van der Waals surface area contributed by atoms with E-state index in [0.29, 0.717) is 18.2 Å². The predicted molar refractivity (Wildman–Crippen MR) is 76.7 cm³/mol. The van der Waals surface area contributed by atoms with Gasteiger partial charge in [-0.1, -0.05) is 17.3 Å². The number of benzene rings is 1. The molecule has 7 nitrogen and oxygen atoms in total. The van der Waals surface area contributed by atoms with Gasteiger partial charge in [-0.2, -0.15) is 0 Å². The van der Waals surface area contributed by atoms with Gasteiger partial charge in [-0.05, 0) is 12.1 Å². The fourth-order valence-corrected chi connectivity index (χ4v) is 2.00. The van der Waals surface area contributed by atoms with E-state index in [4.69, 9.17) is 4.52 Å². The Hall–Kier alpha value is -2.83. The van der Waals surface area contributed by atoms with E-state index in [1.54, 1.807) is 0 Å². The van der Waals surface area contributed by atoms with Crippen LogP contribution >= 0.6 is 0 Å². The van der Waals surface area contributed by atoms with Crippen molar-refractivity contribution < 1.29 is 14.1 Å². The van der Waals surface area contributed by atoms with Crippen LogP contribution < -0.4 is 5.32 Å². The van der Waals surface area contributed by atoms with Crippen molar-refractivity contribution in [2.24, 2.45) is 0 Å². The van der Waals surface area contributed by atoms with Gasteiger partial charge in [0.15, 0.2) is 5.82 Å². The van der Waals surface area contributed by atoms with Gasteiger partial charge in [0, 0.05) is 6.54 Å². The van der Waals surface area contributed by atoms with E-state index in [1.807, 2.05) is 24.3 Å². The van der Waals surface area contributed by atoms with E-state index < -0.39 is 0 Å². The number of ether oxygens (including phenoxy) is 1. The van der Waals surface area contributed by atoms with Gasteiger partial charge in [-0.3, -0.25) is 4.79 Å². The quantitative estimate of drug-likeness (QED) is 0.698. The molecule has 2 aromatic heterocycles. The first kappa shape index (κ1) is 13.2. The van der Waals surface area contributed by atoms with Crippen molar-refractivity contribution in [2.45, 2.75) is 6.42 Å². The summed E-state index contributed by atoms with van der Waals surface area (Å²) in [7, 11) is 1.36. The number of fused-ring (bicyclic) bond motifs is 1. The summed E-state index contributed by atoms with van der Waals surface area (Å²) < 4.78 is 9.57. The maximum atomic E-state index is 11.1. The third-order valence-electron chi connectivity index (χ3n) is 3.06. The molecule has 108 valence electrons. The van der Waals surface area contributed by atoms with Gasteiger partial charge < -0.3 is 19.6 Å². The standard InChI is InChI=1S/C14H14N4O3/c1-20-12(19)6-7-15-13-9(8-21-18-13)14-16-10-4-2-3-5-11(10)17-14/h2-5,8H,6-7H2,1H3,(H,15,18)(H,16,17). The lowest BCUT2D eigenvalue weighted by Gasteiger charge is -2.02. The normalized spacial score (nSPS) is 10.7. The van der Waals surface area contributed by atoms with E-state index in [1.165, 1.54) is 13.4 Å². The molecule has 0 saturated carbocycles. The minimum absolute atomic E-state index is 0.253. The van der Waals surface area contributed by atoms with Gasteiger partial charge in [-0.15, -0.1) is 0 Å². The Bertz CT molecular complexity index is 729. The molecule has 1 aromatic carbocycles. The fourth-order valence-electron chi connectivity index (χ4n) is 2.00. The maximum Gasteiger partial charge on any atom is 0.307 e. The number of carbonyl (C=O) groups is 1. The molecule has 0 atom stereocenters. The largest absolute Gasteiger partial charge is 0.469 e. The molecule has 3 rings (SSSR count). The van der Waals surface area contributed by atoms with Crippen molar-refractivity contribution in [3.05, 3.63) is 30.5 Å². The smallest absolute Gasteiger partial charge is 0.307 e. The lowest BCUT2D eigenvalue weighted by molar-refractivity contribution is -0.140. The molecule has 3 aromatic rings. The summed E-state index contributed by atoms with van der Waals surface area (Å²) in [5, 5.41) is 6.92. The van der Waals surface area contributed by atoms with Crippen LogP contribution in [0.15, 0.2) is 35.1 Å². The lowest BCUT2D eigenvalue weighted by Crippen LogP contribution is -2.10. The zero-order valence-corrected chi connectivity index (χ0v) is 11.4. The first-order chi connectivity index (χ1) is 10.3. The number of nitrogens with zero attached hydrogens (tertiary/aromatic N) is 2. The number of aromatic nitrogens is 3. The number of imidazole rings is 1. The van der Waals surface area contributed by atoms with Gasteiger partial charge in [0.05, 0.1) is 24.6 Å². The Kier molecular flexibility index (Phi) is 3.55. The van der Waals surface area contributed by atoms with Crippen molar-refractivity contribution in [1.82, 2.24) is 15.1 Å². The highest BCUT2D eigenvalue weighted by molar-refractivity contribution is 5.81. The minimum Gasteiger partial charge on any atom is -0.469 e. The second-order valence-electron chi connectivity index (χ2n) is 4.43. The van der Waals surface area contributed by atoms with Gasteiger partial charge in [-0.25, -0.2) is 4.98 Å². The number of H-pyrrole nitrogens is 1. The van der Waals surface area contributed by atoms with Crippen LogP contribution in [0.4, 0.5) is 5.82 Å². The van der Waals surface area contributed by atoms with E-state index in [-0.39, 0.29) is 12.4 Å². The Balaban J connectivity index is 1.79. The summed E-state index contributed by atoms with van der Waals surface area (Å²) in [6.45, 7) is 0.409. The fraction of sp³-hybridized carbons (Fsp3) is 0.214. The van der Waals surface area contributed by atoms with Crippen molar-refractivity contribution >= 4 is 22.8 Å². The van der Waals surface area contributed by atoms with E-state index in [2.05, 4.69) is 25.2 Å². The van der Waals surface area contributed by atoms with Crippen LogP contribution in [0.25, 0.3) is 22.4 Å². The average Bonchev–Trinajstić information content (AvgIpc) is 3.12. The summed E-state index contributed by atoms with van der Waals surface area (Å²) in [5.41, 5.74) is 2.53. The van der Waals surface area contributed by atoms with Gasteiger partial charge in [0.1, 0.15) is 17.7 Å². The summed E-state index contributed by atoms with van der Waals surface area (Å²) in [6, 6.07) is 7.74.